The molecule has 0 fully saturated rings. The van der Waals surface area contributed by atoms with Gasteiger partial charge in [0.25, 0.3) is 5.69 Å². The first-order valence-corrected chi connectivity index (χ1v) is 7.10. The smallest absolute Gasteiger partial charge is 0.305 e. The predicted octanol–water partition coefficient (Wildman–Crippen LogP) is 2.91. The van der Waals surface area contributed by atoms with Crippen LogP contribution in [-0.2, 0) is 9.53 Å². The van der Waals surface area contributed by atoms with E-state index < -0.39 is 4.92 Å². The average molecular weight is 309 g/mol. The zero-order chi connectivity index (χ0) is 16.4. The van der Waals surface area contributed by atoms with E-state index in [0.717, 1.165) is 19.3 Å². The quantitative estimate of drug-likeness (QED) is 0.217. The van der Waals surface area contributed by atoms with Gasteiger partial charge in [0.2, 0.25) is 0 Å². The molecule has 7 heteroatoms. The lowest BCUT2D eigenvalue weighted by atomic mass is 10.2. The average Bonchev–Trinajstić information content (AvgIpc) is 2.50. The molecule has 0 N–H and O–H groups in total. The van der Waals surface area contributed by atoms with Crippen molar-refractivity contribution in [3.8, 4) is 5.75 Å². The number of unbranched alkanes of at least 4 members (excludes halogenated alkanes) is 2. The Morgan fingerprint density at radius 1 is 1.32 bits per heavy atom. The van der Waals surface area contributed by atoms with Crippen molar-refractivity contribution in [3.63, 3.8) is 0 Å². The van der Waals surface area contributed by atoms with Crippen LogP contribution >= 0.6 is 0 Å². The van der Waals surface area contributed by atoms with E-state index in [4.69, 9.17) is 9.47 Å². The molecule has 0 bridgehead atoms. The van der Waals surface area contributed by atoms with Gasteiger partial charge in [-0.3, -0.25) is 19.7 Å². The molecule has 0 saturated carbocycles. The van der Waals surface area contributed by atoms with Crippen molar-refractivity contribution < 1.29 is 24.0 Å². The van der Waals surface area contributed by atoms with Crippen LogP contribution in [0.15, 0.2) is 18.2 Å². The molecule has 22 heavy (non-hydrogen) atoms. The highest BCUT2D eigenvalue weighted by Gasteiger charge is 2.13. The summed E-state index contributed by atoms with van der Waals surface area (Å²) in [5, 5.41) is 10.7. The lowest BCUT2D eigenvalue weighted by Gasteiger charge is -2.07. The van der Waals surface area contributed by atoms with Gasteiger partial charge in [0.05, 0.1) is 23.7 Å². The van der Waals surface area contributed by atoms with E-state index in [2.05, 4.69) is 0 Å². The summed E-state index contributed by atoms with van der Waals surface area (Å²) in [6.07, 6.45) is 3.10. The number of rotatable bonds is 10. The number of ether oxygens (including phenoxy) is 2. The van der Waals surface area contributed by atoms with Gasteiger partial charge in [0.15, 0.2) is 6.29 Å². The van der Waals surface area contributed by atoms with Crippen LogP contribution in [0.5, 0.6) is 5.75 Å². The van der Waals surface area contributed by atoms with Crippen molar-refractivity contribution in [2.24, 2.45) is 0 Å². The standard InChI is InChI=1S/C15H19NO6/c1-2-21-15(18)6-4-3-5-9-22-13-7-8-14(16(19)20)12(10-13)11-17/h7-8,10-11H,2-6,9H2,1H3. The number of nitro groups is 1. The van der Waals surface area contributed by atoms with E-state index >= 15 is 0 Å². The minimum absolute atomic E-state index is 0.00943. The van der Waals surface area contributed by atoms with Crippen LogP contribution in [0.25, 0.3) is 0 Å². The number of nitrogens with zero attached hydrogens (tertiary/aromatic N) is 1. The molecule has 0 heterocycles. The number of nitro benzene ring substituents is 1. The second kappa shape index (κ2) is 9.49. The number of aldehydes is 1. The topological polar surface area (TPSA) is 95.7 Å². The van der Waals surface area contributed by atoms with Gasteiger partial charge in [-0.05, 0) is 38.3 Å². The summed E-state index contributed by atoms with van der Waals surface area (Å²) in [6.45, 7) is 2.57. The predicted molar refractivity (Wildman–Crippen MR) is 79.1 cm³/mol. The highest BCUT2D eigenvalue weighted by atomic mass is 16.6. The molecule has 0 aliphatic carbocycles. The number of carbonyl (C=O) groups excluding carboxylic acids is 2. The molecule has 0 spiro atoms. The molecule has 0 amide bonds. The van der Waals surface area contributed by atoms with Crippen LogP contribution in [0.2, 0.25) is 0 Å². The van der Waals surface area contributed by atoms with Crippen molar-refractivity contribution >= 4 is 17.9 Å². The Hall–Kier alpha value is -2.44. The molecule has 1 rings (SSSR count). The van der Waals surface area contributed by atoms with E-state index in [1.165, 1.54) is 18.2 Å². The molecule has 0 unspecified atom stereocenters. The van der Waals surface area contributed by atoms with Gasteiger partial charge in [-0.15, -0.1) is 0 Å². The third-order valence-corrected chi connectivity index (χ3v) is 2.92. The largest absolute Gasteiger partial charge is 0.494 e. The number of benzene rings is 1. The summed E-state index contributed by atoms with van der Waals surface area (Å²) in [6, 6.07) is 4.06. The molecule has 0 radical (unpaired) electrons. The molecule has 0 aliphatic rings. The first kappa shape index (κ1) is 17.6. The Morgan fingerprint density at radius 2 is 2.09 bits per heavy atom. The Balaban J connectivity index is 2.32. The first-order valence-electron chi connectivity index (χ1n) is 7.10. The molecular formula is C15H19NO6. The summed E-state index contributed by atoms with van der Waals surface area (Å²) in [7, 11) is 0. The van der Waals surface area contributed by atoms with E-state index in [1.807, 2.05) is 0 Å². The maximum Gasteiger partial charge on any atom is 0.305 e. The monoisotopic (exact) mass is 309 g/mol. The van der Waals surface area contributed by atoms with Gasteiger partial charge in [-0.2, -0.15) is 0 Å². The summed E-state index contributed by atoms with van der Waals surface area (Å²) in [5.74, 6) is 0.215. The highest BCUT2D eigenvalue weighted by Crippen LogP contribution is 2.22. The van der Waals surface area contributed by atoms with Crippen molar-refractivity contribution in [3.05, 3.63) is 33.9 Å². The fourth-order valence-electron chi connectivity index (χ4n) is 1.85. The summed E-state index contributed by atoms with van der Waals surface area (Å²) < 4.78 is 10.3. The number of hydrogen-bond acceptors (Lipinski definition) is 6. The SMILES string of the molecule is CCOC(=O)CCCCCOc1ccc([N+](=O)[O-])c(C=O)c1. The van der Waals surface area contributed by atoms with E-state index in [0.29, 0.717) is 31.7 Å². The molecular weight excluding hydrogens is 290 g/mol. The van der Waals surface area contributed by atoms with Gasteiger partial charge < -0.3 is 9.47 Å². The molecule has 0 aliphatic heterocycles. The molecule has 1 aromatic carbocycles. The third-order valence-electron chi connectivity index (χ3n) is 2.92. The van der Waals surface area contributed by atoms with Crippen LogP contribution in [0, 0.1) is 10.1 Å². The van der Waals surface area contributed by atoms with Crippen LogP contribution < -0.4 is 4.74 Å². The Labute approximate surface area is 128 Å². The fraction of sp³-hybridized carbons (Fsp3) is 0.467. The van der Waals surface area contributed by atoms with Crippen LogP contribution in [0.3, 0.4) is 0 Å². The Morgan fingerprint density at radius 3 is 2.73 bits per heavy atom. The normalized spacial score (nSPS) is 10.0. The molecule has 7 nitrogen and oxygen atoms in total. The number of carbonyl (C=O) groups is 2. The Kier molecular flexibility index (Phi) is 7.60. The second-order valence-corrected chi connectivity index (χ2v) is 4.56. The van der Waals surface area contributed by atoms with Crippen molar-refractivity contribution in [2.45, 2.75) is 32.6 Å². The highest BCUT2D eigenvalue weighted by molar-refractivity contribution is 5.82. The van der Waals surface area contributed by atoms with E-state index in [1.54, 1.807) is 6.92 Å². The van der Waals surface area contributed by atoms with Crippen molar-refractivity contribution in [1.82, 2.24) is 0 Å². The molecule has 0 aromatic heterocycles. The molecule has 1 aromatic rings. The van der Waals surface area contributed by atoms with Gasteiger partial charge >= 0.3 is 5.97 Å². The fourth-order valence-corrected chi connectivity index (χ4v) is 1.85. The van der Waals surface area contributed by atoms with Gasteiger partial charge in [0, 0.05) is 12.5 Å². The van der Waals surface area contributed by atoms with Gasteiger partial charge in [-0.1, -0.05) is 0 Å². The summed E-state index contributed by atoms with van der Waals surface area (Å²) in [5.41, 5.74) is -0.249. The maximum absolute atomic E-state index is 11.1. The molecule has 0 atom stereocenters. The zero-order valence-electron chi connectivity index (χ0n) is 12.4. The van der Waals surface area contributed by atoms with E-state index in [9.17, 15) is 19.7 Å². The first-order chi connectivity index (χ1) is 10.6. The van der Waals surface area contributed by atoms with Gasteiger partial charge in [-0.25, -0.2) is 0 Å². The van der Waals surface area contributed by atoms with Crippen molar-refractivity contribution in [1.29, 1.82) is 0 Å². The Bertz CT molecular complexity index is 529. The zero-order valence-corrected chi connectivity index (χ0v) is 12.4. The minimum Gasteiger partial charge on any atom is -0.494 e. The third kappa shape index (κ3) is 5.90. The van der Waals surface area contributed by atoms with Crippen LogP contribution in [0.4, 0.5) is 5.69 Å². The van der Waals surface area contributed by atoms with Crippen LogP contribution in [0.1, 0.15) is 43.0 Å². The lowest BCUT2D eigenvalue weighted by molar-refractivity contribution is -0.385. The summed E-state index contributed by atoms with van der Waals surface area (Å²) >= 11 is 0. The van der Waals surface area contributed by atoms with Crippen LogP contribution in [-0.4, -0.2) is 30.4 Å². The number of esters is 1. The maximum atomic E-state index is 11.1. The van der Waals surface area contributed by atoms with Gasteiger partial charge in [0.1, 0.15) is 5.75 Å². The minimum atomic E-state index is -0.608. The second-order valence-electron chi connectivity index (χ2n) is 4.56. The van der Waals surface area contributed by atoms with Crippen molar-refractivity contribution in [2.75, 3.05) is 13.2 Å². The van der Waals surface area contributed by atoms with E-state index in [-0.39, 0.29) is 17.2 Å². The summed E-state index contributed by atoms with van der Waals surface area (Å²) in [4.78, 5) is 32.0. The lowest BCUT2D eigenvalue weighted by Crippen LogP contribution is -2.04. The molecule has 0 saturated heterocycles. The number of hydrogen-bond donors (Lipinski definition) is 0. The molecule has 120 valence electrons.